The standard InChI is InChI=1S/C19H18Cl3NO4/c1-26-19(25)17(23-18(24)10-20)9-12-5-7-13(8-6-12)27-11-14-15(21)3-2-4-16(14)22/h2-8,17H,9-11H2,1H3,(H,23,24)/t17-/m0/s1. The maximum atomic E-state index is 11.8. The fourth-order valence-electron chi connectivity index (χ4n) is 2.35. The summed E-state index contributed by atoms with van der Waals surface area (Å²) in [6.07, 6.45) is 0.270. The van der Waals surface area contributed by atoms with Crippen molar-refractivity contribution < 1.29 is 19.1 Å². The molecule has 0 bridgehead atoms. The van der Waals surface area contributed by atoms with E-state index in [9.17, 15) is 9.59 Å². The number of halogens is 3. The van der Waals surface area contributed by atoms with E-state index in [-0.39, 0.29) is 18.9 Å². The number of hydrogen-bond donors (Lipinski definition) is 1. The molecule has 0 saturated heterocycles. The number of methoxy groups -OCH3 is 1. The third kappa shape index (κ3) is 6.31. The molecule has 27 heavy (non-hydrogen) atoms. The Morgan fingerprint density at radius 2 is 1.70 bits per heavy atom. The second-order valence-electron chi connectivity index (χ2n) is 5.61. The van der Waals surface area contributed by atoms with Crippen LogP contribution in [0.25, 0.3) is 0 Å². The molecule has 8 heteroatoms. The van der Waals surface area contributed by atoms with Crippen LogP contribution in [0, 0.1) is 0 Å². The van der Waals surface area contributed by atoms with E-state index in [2.05, 4.69) is 5.32 Å². The van der Waals surface area contributed by atoms with Crippen LogP contribution in [0.1, 0.15) is 11.1 Å². The first kappa shape index (κ1) is 21.4. The van der Waals surface area contributed by atoms with E-state index in [1.807, 2.05) is 0 Å². The Balaban J connectivity index is 2.01. The molecule has 0 heterocycles. The van der Waals surface area contributed by atoms with Crippen molar-refractivity contribution in [1.29, 1.82) is 0 Å². The molecule has 5 nitrogen and oxygen atoms in total. The van der Waals surface area contributed by atoms with Crippen molar-refractivity contribution in [1.82, 2.24) is 5.32 Å². The van der Waals surface area contributed by atoms with Gasteiger partial charge in [-0.15, -0.1) is 11.6 Å². The summed E-state index contributed by atoms with van der Waals surface area (Å²) >= 11 is 17.7. The maximum Gasteiger partial charge on any atom is 0.328 e. The minimum absolute atomic E-state index is 0.231. The quantitative estimate of drug-likeness (QED) is 0.508. The molecule has 144 valence electrons. The zero-order valence-electron chi connectivity index (χ0n) is 14.5. The summed E-state index contributed by atoms with van der Waals surface area (Å²) in [4.78, 5) is 23.3. The molecule has 0 saturated carbocycles. The Morgan fingerprint density at radius 3 is 2.26 bits per heavy atom. The molecule has 0 fully saturated rings. The van der Waals surface area contributed by atoms with Gasteiger partial charge in [0, 0.05) is 22.0 Å². The average Bonchev–Trinajstić information content (AvgIpc) is 2.67. The maximum absolute atomic E-state index is 11.8. The van der Waals surface area contributed by atoms with Crippen LogP contribution in [-0.2, 0) is 27.4 Å². The van der Waals surface area contributed by atoms with Crippen LogP contribution in [-0.4, -0.2) is 30.9 Å². The van der Waals surface area contributed by atoms with E-state index in [0.717, 1.165) is 5.56 Å². The number of carbonyl (C=O) groups excluding carboxylic acids is 2. The number of carbonyl (C=O) groups is 2. The van der Waals surface area contributed by atoms with E-state index in [1.165, 1.54) is 7.11 Å². The summed E-state index contributed by atoms with van der Waals surface area (Å²) in [5, 5.41) is 3.61. The lowest BCUT2D eigenvalue weighted by Crippen LogP contribution is -2.43. The monoisotopic (exact) mass is 429 g/mol. The molecule has 1 atom stereocenters. The Morgan fingerprint density at radius 1 is 1.07 bits per heavy atom. The van der Waals surface area contributed by atoms with Gasteiger partial charge >= 0.3 is 5.97 Å². The molecular weight excluding hydrogens is 413 g/mol. The van der Waals surface area contributed by atoms with Gasteiger partial charge in [-0.05, 0) is 29.8 Å². The first-order valence-corrected chi connectivity index (χ1v) is 9.31. The van der Waals surface area contributed by atoms with E-state index in [4.69, 9.17) is 44.3 Å². The SMILES string of the molecule is COC(=O)[C@H](Cc1ccc(OCc2c(Cl)cccc2Cl)cc1)NC(=O)CCl. The fraction of sp³-hybridized carbons (Fsp3) is 0.263. The summed E-state index contributed by atoms with van der Waals surface area (Å²) in [7, 11) is 1.26. The third-order valence-electron chi connectivity index (χ3n) is 3.75. The van der Waals surface area contributed by atoms with Crippen molar-refractivity contribution in [3.05, 3.63) is 63.6 Å². The third-order valence-corrected chi connectivity index (χ3v) is 4.70. The summed E-state index contributed by atoms with van der Waals surface area (Å²) in [5.74, 6) is -0.592. The fourth-order valence-corrected chi connectivity index (χ4v) is 2.94. The van der Waals surface area contributed by atoms with Crippen LogP contribution in [0.4, 0.5) is 0 Å². The van der Waals surface area contributed by atoms with Gasteiger partial charge in [-0.2, -0.15) is 0 Å². The van der Waals surface area contributed by atoms with Gasteiger partial charge < -0.3 is 14.8 Å². The minimum atomic E-state index is -0.810. The second-order valence-corrected chi connectivity index (χ2v) is 6.70. The molecule has 0 aliphatic heterocycles. The smallest absolute Gasteiger partial charge is 0.328 e. The van der Waals surface area contributed by atoms with Gasteiger partial charge in [-0.1, -0.05) is 41.4 Å². The summed E-state index contributed by atoms with van der Waals surface area (Å²) in [5.41, 5.74) is 1.53. The largest absolute Gasteiger partial charge is 0.489 e. The second kappa shape index (κ2) is 10.4. The van der Waals surface area contributed by atoms with Crippen molar-refractivity contribution in [2.24, 2.45) is 0 Å². The highest BCUT2D eigenvalue weighted by atomic mass is 35.5. The highest BCUT2D eigenvalue weighted by molar-refractivity contribution is 6.35. The van der Waals surface area contributed by atoms with Gasteiger partial charge in [0.2, 0.25) is 5.91 Å². The topological polar surface area (TPSA) is 64.6 Å². The number of benzene rings is 2. The van der Waals surface area contributed by atoms with Gasteiger partial charge in [0.1, 0.15) is 24.3 Å². The van der Waals surface area contributed by atoms with E-state index in [0.29, 0.717) is 21.4 Å². The van der Waals surface area contributed by atoms with Crippen molar-refractivity contribution in [2.75, 3.05) is 13.0 Å². The zero-order valence-corrected chi connectivity index (χ0v) is 16.8. The number of hydrogen-bond acceptors (Lipinski definition) is 4. The minimum Gasteiger partial charge on any atom is -0.489 e. The van der Waals surface area contributed by atoms with Crippen molar-refractivity contribution in [3.8, 4) is 5.75 Å². The lowest BCUT2D eigenvalue weighted by atomic mass is 10.1. The number of alkyl halides is 1. The first-order valence-electron chi connectivity index (χ1n) is 8.02. The molecule has 0 aromatic heterocycles. The van der Waals surface area contributed by atoms with E-state index >= 15 is 0 Å². The van der Waals surface area contributed by atoms with Gasteiger partial charge in [0.05, 0.1) is 7.11 Å². The van der Waals surface area contributed by atoms with Crippen LogP contribution >= 0.6 is 34.8 Å². The first-order chi connectivity index (χ1) is 12.9. The van der Waals surface area contributed by atoms with Gasteiger partial charge in [-0.3, -0.25) is 4.79 Å². The van der Waals surface area contributed by atoms with Crippen LogP contribution < -0.4 is 10.1 Å². The number of amides is 1. The molecule has 1 N–H and O–H groups in total. The normalized spacial score (nSPS) is 11.6. The molecule has 2 aromatic carbocycles. The Bertz CT molecular complexity index is 776. The highest BCUT2D eigenvalue weighted by Gasteiger charge is 2.21. The van der Waals surface area contributed by atoms with Gasteiger partial charge in [-0.25, -0.2) is 4.79 Å². The molecule has 2 aromatic rings. The summed E-state index contributed by atoms with van der Waals surface area (Å²) < 4.78 is 10.4. The predicted octanol–water partition coefficient (Wildman–Crippen LogP) is 4.01. The molecular formula is C19H18Cl3NO4. The van der Waals surface area contributed by atoms with Crippen LogP contribution in [0.3, 0.4) is 0 Å². The predicted molar refractivity (Wildman–Crippen MR) is 106 cm³/mol. The van der Waals surface area contributed by atoms with Crippen molar-refractivity contribution in [2.45, 2.75) is 19.1 Å². The average molecular weight is 431 g/mol. The molecule has 0 aliphatic rings. The molecule has 0 aliphatic carbocycles. The summed E-state index contributed by atoms with van der Waals surface area (Å²) in [6, 6.07) is 11.6. The van der Waals surface area contributed by atoms with Gasteiger partial charge in [0.25, 0.3) is 0 Å². The van der Waals surface area contributed by atoms with Crippen LogP contribution in [0.15, 0.2) is 42.5 Å². The lowest BCUT2D eigenvalue weighted by molar-refractivity contribution is -0.144. The molecule has 1 amide bonds. The van der Waals surface area contributed by atoms with Crippen molar-refractivity contribution in [3.63, 3.8) is 0 Å². The molecule has 0 radical (unpaired) electrons. The zero-order chi connectivity index (χ0) is 19.8. The van der Waals surface area contributed by atoms with E-state index < -0.39 is 17.9 Å². The number of ether oxygens (including phenoxy) is 2. The van der Waals surface area contributed by atoms with Crippen LogP contribution in [0.5, 0.6) is 5.75 Å². The van der Waals surface area contributed by atoms with Crippen molar-refractivity contribution >= 4 is 46.7 Å². The Hall–Kier alpha value is -1.95. The Kier molecular flexibility index (Phi) is 8.23. The van der Waals surface area contributed by atoms with Gasteiger partial charge in [0.15, 0.2) is 0 Å². The highest BCUT2D eigenvalue weighted by Crippen LogP contribution is 2.26. The molecule has 0 unspecified atom stereocenters. The lowest BCUT2D eigenvalue weighted by Gasteiger charge is -2.16. The van der Waals surface area contributed by atoms with Crippen LogP contribution in [0.2, 0.25) is 10.0 Å². The Labute approximate surface area is 172 Å². The number of nitrogens with one attached hydrogen (secondary N) is 1. The van der Waals surface area contributed by atoms with E-state index in [1.54, 1.807) is 42.5 Å². The summed E-state index contributed by atoms with van der Waals surface area (Å²) in [6.45, 7) is 0.231. The molecule has 0 spiro atoms. The number of esters is 1. The number of rotatable bonds is 8. The molecule has 2 rings (SSSR count).